The average Bonchev–Trinajstić information content (AvgIpc) is 2.48. The average molecular weight is 400 g/mol. The van der Waals surface area contributed by atoms with Crippen molar-refractivity contribution in [1.82, 2.24) is 0 Å². The number of carboxylic acid groups (broad SMARTS) is 1. The smallest absolute Gasteiger partial charge is 0.306 e. The van der Waals surface area contributed by atoms with Crippen LogP contribution < -0.4 is 9.46 Å². The molecule has 0 atom stereocenters. The standard InChI is InChI=1S/C15H14BrNO5S/c16-13-3-1-2-4-14(13)23(20,21)17-11-5-7-12(8-6-11)22-10-9-15(18)19/h1-8,17H,9-10H2,(H,18,19). The summed E-state index contributed by atoms with van der Waals surface area (Å²) in [6.07, 6.45) is -0.101. The fraction of sp³-hybridized carbons (Fsp3) is 0.133. The molecule has 0 aromatic heterocycles. The number of benzene rings is 2. The molecule has 2 aromatic rings. The van der Waals surface area contributed by atoms with Gasteiger partial charge in [0.15, 0.2) is 0 Å². The van der Waals surface area contributed by atoms with Crippen molar-refractivity contribution in [1.29, 1.82) is 0 Å². The first kappa shape index (κ1) is 17.3. The zero-order valence-corrected chi connectivity index (χ0v) is 14.3. The van der Waals surface area contributed by atoms with Gasteiger partial charge in [-0.3, -0.25) is 9.52 Å². The minimum atomic E-state index is -3.70. The molecule has 2 aromatic carbocycles. The van der Waals surface area contributed by atoms with Crippen molar-refractivity contribution < 1.29 is 23.1 Å². The third-order valence-electron chi connectivity index (χ3n) is 2.82. The zero-order valence-electron chi connectivity index (χ0n) is 11.9. The van der Waals surface area contributed by atoms with Crippen molar-refractivity contribution in [2.24, 2.45) is 0 Å². The lowest BCUT2D eigenvalue weighted by atomic mass is 10.3. The van der Waals surface area contributed by atoms with E-state index in [4.69, 9.17) is 9.84 Å². The Labute approximate surface area is 142 Å². The van der Waals surface area contributed by atoms with Crippen LogP contribution in [0.1, 0.15) is 6.42 Å². The van der Waals surface area contributed by atoms with E-state index in [1.165, 1.54) is 6.07 Å². The molecule has 6 nitrogen and oxygen atoms in total. The molecular weight excluding hydrogens is 386 g/mol. The molecule has 122 valence electrons. The van der Waals surface area contributed by atoms with Crippen LogP contribution in [0.5, 0.6) is 5.75 Å². The third-order valence-corrected chi connectivity index (χ3v) is 5.21. The van der Waals surface area contributed by atoms with Crippen LogP contribution >= 0.6 is 15.9 Å². The van der Waals surface area contributed by atoms with Crippen LogP contribution in [0.4, 0.5) is 5.69 Å². The van der Waals surface area contributed by atoms with Gasteiger partial charge < -0.3 is 9.84 Å². The number of hydrogen-bond donors (Lipinski definition) is 2. The number of halogens is 1. The Bertz CT molecular complexity index is 790. The van der Waals surface area contributed by atoms with E-state index in [2.05, 4.69) is 20.7 Å². The van der Waals surface area contributed by atoms with Gasteiger partial charge >= 0.3 is 5.97 Å². The summed E-state index contributed by atoms with van der Waals surface area (Å²) in [6, 6.07) is 12.7. The Hall–Kier alpha value is -2.06. The molecule has 0 heterocycles. The van der Waals surface area contributed by atoms with Crippen LogP contribution in [0.2, 0.25) is 0 Å². The van der Waals surface area contributed by atoms with Gasteiger partial charge in [0.1, 0.15) is 10.6 Å². The summed E-state index contributed by atoms with van der Waals surface area (Å²) in [5.41, 5.74) is 0.381. The van der Waals surface area contributed by atoms with Gasteiger partial charge in [0.2, 0.25) is 0 Å². The molecule has 0 saturated carbocycles. The fourth-order valence-electron chi connectivity index (χ4n) is 1.75. The Balaban J connectivity index is 2.06. The molecule has 0 fully saturated rings. The highest BCUT2D eigenvalue weighted by atomic mass is 79.9. The number of ether oxygens (including phenoxy) is 1. The lowest BCUT2D eigenvalue weighted by molar-refractivity contribution is -0.137. The first-order valence-electron chi connectivity index (χ1n) is 6.60. The summed E-state index contributed by atoms with van der Waals surface area (Å²) in [6.45, 7) is 0.0529. The van der Waals surface area contributed by atoms with Gasteiger partial charge in [0.05, 0.1) is 13.0 Å². The van der Waals surface area contributed by atoms with Crippen LogP contribution in [0.15, 0.2) is 57.9 Å². The van der Waals surface area contributed by atoms with E-state index >= 15 is 0 Å². The second-order valence-electron chi connectivity index (χ2n) is 4.55. The van der Waals surface area contributed by atoms with Gasteiger partial charge in [-0.15, -0.1) is 0 Å². The molecular formula is C15H14BrNO5S. The molecule has 8 heteroatoms. The summed E-state index contributed by atoms with van der Waals surface area (Å²) in [4.78, 5) is 10.5. The summed E-state index contributed by atoms with van der Waals surface area (Å²) >= 11 is 3.21. The summed E-state index contributed by atoms with van der Waals surface area (Å²) in [7, 11) is -3.70. The summed E-state index contributed by atoms with van der Waals surface area (Å²) in [5.74, 6) is -0.474. The Morgan fingerprint density at radius 2 is 1.78 bits per heavy atom. The molecule has 0 unspecified atom stereocenters. The van der Waals surface area contributed by atoms with Crippen molar-refractivity contribution in [2.45, 2.75) is 11.3 Å². The van der Waals surface area contributed by atoms with Crippen molar-refractivity contribution >= 4 is 37.6 Å². The van der Waals surface area contributed by atoms with Gasteiger partial charge in [0.25, 0.3) is 10.0 Å². The molecule has 0 aliphatic heterocycles. The Morgan fingerprint density at radius 1 is 1.13 bits per heavy atom. The van der Waals surface area contributed by atoms with Gasteiger partial charge in [-0.2, -0.15) is 0 Å². The number of carbonyl (C=O) groups is 1. The van der Waals surface area contributed by atoms with E-state index in [0.717, 1.165) is 0 Å². The lowest BCUT2D eigenvalue weighted by Gasteiger charge is -2.10. The maximum Gasteiger partial charge on any atom is 0.306 e. The predicted octanol–water partition coefficient (Wildman–Crippen LogP) is 3.10. The highest BCUT2D eigenvalue weighted by Gasteiger charge is 2.17. The fourth-order valence-corrected chi connectivity index (χ4v) is 3.81. The second kappa shape index (κ2) is 7.47. The van der Waals surface area contributed by atoms with E-state index in [0.29, 0.717) is 15.9 Å². The largest absolute Gasteiger partial charge is 0.493 e. The summed E-state index contributed by atoms with van der Waals surface area (Å²) < 4.78 is 32.8. The highest BCUT2D eigenvalue weighted by molar-refractivity contribution is 9.10. The second-order valence-corrected chi connectivity index (χ2v) is 7.06. The zero-order chi connectivity index (χ0) is 16.9. The Morgan fingerprint density at radius 3 is 2.39 bits per heavy atom. The lowest BCUT2D eigenvalue weighted by Crippen LogP contribution is -2.13. The number of aliphatic carboxylic acids is 1. The van der Waals surface area contributed by atoms with Crippen LogP contribution in [-0.4, -0.2) is 26.1 Å². The Kier molecular flexibility index (Phi) is 5.62. The number of hydrogen-bond acceptors (Lipinski definition) is 4. The number of nitrogens with one attached hydrogen (secondary N) is 1. The molecule has 0 aliphatic carbocycles. The van der Waals surface area contributed by atoms with E-state index in [1.54, 1.807) is 42.5 Å². The topological polar surface area (TPSA) is 92.7 Å². The molecule has 0 radical (unpaired) electrons. The number of rotatable bonds is 7. The normalized spacial score (nSPS) is 11.0. The van der Waals surface area contributed by atoms with Gasteiger partial charge in [-0.05, 0) is 52.3 Å². The first-order valence-corrected chi connectivity index (χ1v) is 8.88. The van der Waals surface area contributed by atoms with Crippen molar-refractivity contribution in [3.8, 4) is 5.75 Å². The minimum Gasteiger partial charge on any atom is -0.493 e. The van der Waals surface area contributed by atoms with E-state index in [1.807, 2.05) is 0 Å². The summed E-state index contributed by atoms with van der Waals surface area (Å²) in [5, 5.41) is 8.53. The molecule has 0 spiro atoms. The van der Waals surface area contributed by atoms with E-state index < -0.39 is 16.0 Å². The quantitative estimate of drug-likeness (QED) is 0.745. The number of sulfonamides is 1. The van der Waals surface area contributed by atoms with Gasteiger partial charge in [-0.25, -0.2) is 8.42 Å². The van der Waals surface area contributed by atoms with Crippen molar-refractivity contribution in [3.05, 3.63) is 53.0 Å². The first-order chi connectivity index (χ1) is 10.9. The predicted molar refractivity (Wildman–Crippen MR) is 89.1 cm³/mol. The van der Waals surface area contributed by atoms with Gasteiger partial charge in [0, 0.05) is 10.2 Å². The van der Waals surface area contributed by atoms with Crippen LogP contribution in [0.25, 0.3) is 0 Å². The van der Waals surface area contributed by atoms with E-state index in [9.17, 15) is 13.2 Å². The molecule has 0 bridgehead atoms. The molecule has 0 amide bonds. The monoisotopic (exact) mass is 399 g/mol. The van der Waals surface area contributed by atoms with E-state index in [-0.39, 0.29) is 17.9 Å². The van der Waals surface area contributed by atoms with Crippen LogP contribution in [0, 0.1) is 0 Å². The molecule has 23 heavy (non-hydrogen) atoms. The number of carboxylic acids is 1. The molecule has 2 N–H and O–H groups in total. The minimum absolute atomic E-state index is 0.0529. The SMILES string of the molecule is O=C(O)CCOc1ccc(NS(=O)(=O)c2ccccc2Br)cc1. The molecule has 0 saturated heterocycles. The van der Waals surface area contributed by atoms with Crippen LogP contribution in [0.3, 0.4) is 0 Å². The van der Waals surface area contributed by atoms with Crippen molar-refractivity contribution in [3.63, 3.8) is 0 Å². The maximum atomic E-state index is 12.3. The highest BCUT2D eigenvalue weighted by Crippen LogP contribution is 2.24. The van der Waals surface area contributed by atoms with Crippen LogP contribution in [-0.2, 0) is 14.8 Å². The molecule has 2 rings (SSSR count). The third kappa shape index (κ3) is 4.97. The van der Waals surface area contributed by atoms with Crippen molar-refractivity contribution in [2.75, 3.05) is 11.3 Å². The maximum absolute atomic E-state index is 12.3. The number of anilines is 1. The van der Waals surface area contributed by atoms with Gasteiger partial charge in [-0.1, -0.05) is 12.1 Å². The molecule has 0 aliphatic rings.